The number of aromatic nitrogens is 2. The summed E-state index contributed by atoms with van der Waals surface area (Å²) < 4.78 is 0. The van der Waals surface area contributed by atoms with E-state index >= 15 is 9.59 Å². The fourth-order valence-electron chi connectivity index (χ4n) is 14.6. The first-order valence-electron chi connectivity index (χ1n) is 29.4. The smallest absolute Gasteiger partial charge is 0.186 e. The number of nitrogens with one attached hydrogen (secondary N) is 2. The molecule has 2 spiro atoms. The Labute approximate surface area is 484 Å². The number of aliphatic imine (C=N–C) groups is 2. The number of hydrogen-bond acceptors (Lipinski definition) is 4. The first-order valence-corrected chi connectivity index (χ1v) is 29.4. The molecule has 2 N–H and O–H groups in total. The van der Waals surface area contributed by atoms with Crippen LogP contribution in [0.25, 0.3) is 32.7 Å². The van der Waals surface area contributed by atoms with Crippen molar-refractivity contribution < 1.29 is 9.59 Å². The van der Waals surface area contributed by atoms with Crippen LogP contribution in [-0.2, 0) is 32.5 Å². The fourth-order valence-corrected chi connectivity index (χ4v) is 14.6. The second kappa shape index (κ2) is 17.3. The summed E-state index contributed by atoms with van der Waals surface area (Å²) in [5.41, 5.74) is 20.5. The lowest BCUT2D eigenvalue weighted by molar-refractivity contribution is 0.0939. The molecule has 412 valence electrons. The standard InChI is InChI=1S/C76H76N4O2/c1-39-27-41(3)63(42(4)28-39)67-55-19-23-59(77-55)75(53-37-49(73(13,14)15)33-45-31-47(71(7,8)9)35-51(65(45)53)69(75)81)61-25-21-57(79-61)68(64-43(5)29-40(2)30-44(64)6)58-22-26-62(80-58)76(60-24-20-56(67)78-60)54-38-50(74(16,17)18)34-46-32-48(72(10,11)12)36-52(66(46)54)70(76)82/h19-38,77,79H,1-18H3/b67-56+,68-58+. The molecule has 8 bridgehead atoms. The van der Waals surface area contributed by atoms with Gasteiger partial charge in [0, 0.05) is 45.0 Å². The summed E-state index contributed by atoms with van der Waals surface area (Å²) in [5, 5.41) is 4.05. The van der Waals surface area contributed by atoms with Crippen molar-refractivity contribution in [2.45, 2.75) is 157 Å². The highest BCUT2D eigenvalue weighted by Gasteiger charge is 2.57. The van der Waals surface area contributed by atoms with Crippen LogP contribution in [0.5, 0.6) is 0 Å². The van der Waals surface area contributed by atoms with Gasteiger partial charge in [0.2, 0.25) is 0 Å². The second-order valence-corrected chi connectivity index (χ2v) is 28.7. The van der Waals surface area contributed by atoms with E-state index in [0.29, 0.717) is 17.0 Å². The normalized spacial score (nSPS) is 21.2. The number of hydrogen-bond donors (Lipinski definition) is 2. The zero-order valence-corrected chi connectivity index (χ0v) is 51.3. The van der Waals surface area contributed by atoms with E-state index in [0.717, 1.165) is 139 Å². The molecule has 0 atom stereocenters. The summed E-state index contributed by atoms with van der Waals surface area (Å²) in [5.74, 6) is -0.0132. The molecule has 0 fully saturated rings. The number of fused-ring (bicyclic) bond motifs is 12. The van der Waals surface area contributed by atoms with Crippen LogP contribution in [0, 0.1) is 41.5 Å². The maximum atomic E-state index is 16.7. The number of Topliss-reactive ketones (excluding diaryl/α,β-unsaturated/α-hetero) is 2. The molecule has 3 aliphatic heterocycles. The van der Waals surface area contributed by atoms with Gasteiger partial charge in [-0.3, -0.25) is 19.6 Å². The minimum atomic E-state index is -1.43. The van der Waals surface area contributed by atoms with Crippen LogP contribution in [-0.4, -0.2) is 33.0 Å². The predicted molar refractivity (Wildman–Crippen MR) is 341 cm³/mol. The molecule has 0 amide bonds. The third-order valence-electron chi connectivity index (χ3n) is 18.7. The molecule has 0 saturated heterocycles. The lowest BCUT2D eigenvalue weighted by atomic mass is 9.70. The number of aromatic amines is 2. The number of carbonyl (C=O) groups is 2. The van der Waals surface area contributed by atoms with Gasteiger partial charge in [0.25, 0.3) is 0 Å². The average Bonchev–Trinajstić information content (AvgIpc) is 2.24. The van der Waals surface area contributed by atoms with Gasteiger partial charge in [-0.15, -0.1) is 0 Å². The maximum absolute atomic E-state index is 16.7. The van der Waals surface area contributed by atoms with Crippen molar-refractivity contribution in [1.29, 1.82) is 0 Å². The molecule has 8 aromatic rings. The van der Waals surface area contributed by atoms with Gasteiger partial charge in [-0.25, -0.2) is 0 Å². The van der Waals surface area contributed by atoms with E-state index in [1.54, 1.807) is 0 Å². The van der Waals surface area contributed by atoms with Crippen LogP contribution in [0.15, 0.2) is 143 Å². The Hall–Kier alpha value is -7.96. The van der Waals surface area contributed by atoms with E-state index in [1.165, 1.54) is 11.1 Å². The fraction of sp³-hybridized carbons (Fsp3) is 0.316. The first kappa shape index (κ1) is 53.4. The summed E-state index contributed by atoms with van der Waals surface area (Å²) in [4.78, 5) is 53.3. The van der Waals surface area contributed by atoms with Crippen LogP contribution in [0.1, 0.15) is 204 Å². The molecule has 6 aromatic carbocycles. The van der Waals surface area contributed by atoms with Crippen LogP contribution in [0.4, 0.5) is 0 Å². The molecule has 6 heteroatoms. The van der Waals surface area contributed by atoms with Gasteiger partial charge in [0.15, 0.2) is 11.6 Å². The number of ketones is 2. The highest BCUT2D eigenvalue weighted by atomic mass is 16.1. The summed E-state index contributed by atoms with van der Waals surface area (Å²) in [6.45, 7) is 39.9. The maximum Gasteiger partial charge on any atom is 0.186 e. The minimum Gasteiger partial charge on any atom is -0.357 e. The van der Waals surface area contributed by atoms with Gasteiger partial charge in [0.05, 0.1) is 22.8 Å². The third kappa shape index (κ3) is 7.51. The van der Waals surface area contributed by atoms with Crippen molar-refractivity contribution in [1.82, 2.24) is 9.97 Å². The van der Waals surface area contributed by atoms with Crippen molar-refractivity contribution in [2.24, 2.45) is 9.98 Å². The zero-order valence-electron chi connectivity index (χ0n) is 51.3. The Morgan fingerprint density at radius 3 is 1.07 bits per heavy atom. The summed E-state index contributed by atoms with van der Waals surface area (Å²) in [6, 6.07) is 35.7. The highest BCUT2D eigenvalue weighted by molar-refractivity contribution is 6.46. The number of benzene rings is 6. The highest BCUT2D eigenvalue weighted by Crippen LogP contribution is 2.55. The van der Waals surface area contributed by atoms with Gasteiger partial charge >= 0.3 is 0 Å². The Morgan fingerprint density at radius 1 is 0.390 bits per heavy atom. The summed E-state index contributed by atoms with van der Waals surface area (Å²) in [6.07, 6.45) is 8.40. The van der Waals surface area contributed by atoms with Crippen molar-refractivity contribution in [3.05, 3.63) is 245 Å². The molecular formula is C76H76N4O2. The largest absolute Gasteiger partial charge is 0.357 e. The summed E-state index contributed by atoms with van der Waals surface area (Å²) in [7, 11) is 0. The number of allylic oxidation sites excluding steroid dienone is 4. The minimum absolute atomic E-state index is 0.0168. The molecule has 13 rings (SSSR count). The first-order chi connectivity index (χ1) is 38.4. The molecule has 6 nitrogen and oxygen atoms in total. The topological polar surface area (TPSA) is 90.4 Å². The van der Waals surface area contributed by atoms with Crippen LogP contribution >= 0.6 is 0 Å². The van der Waals surface area contributed by atoms with Gasteiger partial charge in [0.1, 0.15) is 10.8 Å². The predicted octanol–water partition coefficient (Wildman–Crippen LogP) is 17.9. The Bertz CT molecular complexity index is 4250. The van der Waals surface area contributed by atoms with Crippen molar-refractivity contribution >= 4 is 55.7 Å². The molecule has 2 aromatic heterocycles. The number of carbonyl (C=O) groups excluding carboxylic acids is 2. The van der Waals surface area contributed by atoms with Crippen molar-refractivity contribution in [2.75, 3.05) is 0 Å². The van der Waals surface area contributed by atoms with E-state index in [9.17, 15) is 0 Å². The molecule has 0 saturated carbocycles. The van der Waals surface area contributed by atoms with Gasteiger partial charge in [-0.05, 0) is 212 Å². The van der Waals surface area contributed by atoms with Crippen LogP contribution in [0.3, 0.4) is 0 Å². The molecular weight excluding hydrogens is 1000 g/mol. The molecule has 5 aliphatic rings. The van der Waals surface area contributed by atoms with Crippen molar-refractivity contribution in [3.8, 4) is 0 Å². The van der Waals surface area contributed by atoms with Crippen LogP contribution in [0.2, 0.25) is 0 Å². The van der Waals surface area contributed by atoms with Gasteiger partial charge in [-0.2, -0.15) is 0 Å². The number of rotatable bonds is 2. The summed E-state index contributed by atoms with van der Waals surface area (Å²) >= 11 is 0. The lowest BCUT2D eigenvalue weighted by Gasteiger charge is -2.30. The molecule has 5 heterocycles. The Balaban J connectivity index is 1.20. The van der Waals surface area contributed by atoms with E-state index in [-0.39, 0.29) is 33.2 Å². The van der Waals surface area contributed by atoms with Crippen LogP contribution < -0.4 is 0 Å². The van der Waals surface area contributed by atoms with E-state index in [2.05, 4.69) is 256 Å². The Morgan fingerprint density at radius 2 is 0.720 bits per heavy atom. The molecule has 2 aliphatic carbocycles. The van der Waals surface area contributed by atoms with E-state index < -0.39 is 10.8 Å². The third-order valence-corrected chi connectivity index (χ3v) is 18.7. The number of aryl methyl sites for hydroxylation is 6. The van der Waals surface area contributed by atoms with E-state index in [1.807, 2.05) is 0 Å². The lowest BCUT2D eigenvalue weighted by Crippen LogP contribution is -2.46. The van der Waals surface area contributed by atoms with Crippen molar-refractivity contribution in [3.63, 3.8) is 0 Å². The van der Waals surface area contributed by atoms with E-state index in [4.69, 9.17) is 9.98 Å². The second-order valence-electron chi connectivity index (χ2n) is 28.7. The quantitative estimate of drug-likeness (QED) is 0.181. The monoisotopic (exact) mass is 1080 g/mol. The van der Waals surface area contributed by atoms with Gasteiger partial charge in [-0.1, -0.05) is 155 Å². The SMILES string of the molecule is Cc1cc(C)c(/C2=C3\C=CC(=N3)C3(C(=O)c4cc(C(C)(C)C)cc5cc(C(C)(C)C)cc3c45)C3=N/C(=C(/c4c(C)cc(C)cc4C)c4ccc([nH]4)C4(C(=O)c5cc(C(C)(C)C)cc6cc(C(C)(C)C)cc4c56)c4ccc2[nH]4)C=C3)c(C)c1. The number of nitrogens with zero attached hydrogens (tertiary/aromatic N) is 2. The zero-order chi connectivity index (χ0) is 58.4. The van der Waals surface area contributed by atoms with Gasteiger partial charge < -0.3 is 9.97 Å². The average molecular weight is 1080 g/mol. The molecule has 82 heavy (non-hydrogen) atoms. The molecule has 0 radical (unpaired) electrons. The number of H-pyrrole nitrogens is 2. The Kier molecular flexibility index (Phi) is 11.3. The molecule has 0 unspecified atom stereocenters.